The van der Waals surface area contributed by atoms with Gasteiger partial charge in [0, 0.05) is 15.8 Å². The van der Waals surface area contributed by atoms with Crippen molar-refractivity contribution in [3.05, 3.63) is 70.1 Å². The van der Waals surface area contributed by atoms with Crippen molar-refractivity contribution in [2.45, 2.75) is 39.0 Å². The van der Waals surface area contributed by atoms with Gasteiger partial charge in [-0.2, -0.15) is 0 Å². The first-order valence-electron chi connectivity index (χ1n) is 12.8. The molecule has 2 heterocycles. The summed E-state index contributed by atoms with van der Waals surface area (Å²) in [5.41, 5.74) is 4.10. The summed E-state index contributed by atoms with van der Waals surface area (Å²) >= 11 is 1.48. The molecule has 0 radical (unpaired) electrons. The van der Waals surface area contributed by atoms with Crippen LogP contribution in [0.3, 0.4) is 0 Å². The Morgan fingerprint density at radius 2 is 1.79 bits per heavy atom. The highest BCUT2D eigenvalue weighted by Gasteiger charge is 2.28. The number of nitrogens with zero attached hydrogens (tertiary/aromatic N) is 1. The van der Waals surface area contributed by atoms with Gasteiger partial charge in [0.1, 0.15) is 5.00 Å². The molecule has 0 fully saturated rings. The highest BCUT2D eigenvalue weighted by Crippen LogP contribution is 2.39. The van der Waals surface area contributed by atoms with Gasteiger partial charge < -0.3 is 19.5 Å². The van der Waals surface area contributed by atoms with Crippen LogP contribution in [-0.4, -0.2) is 37.7 Å². The highest BCUT2D eigenvalue weighted by atomic mass is 32.1. The quantitative estimate of drug-likeness (QED) is 0.256. The van der Waals surface area contributed by atoms with Crippen LogP contribution in [0.5, 0.6) is 11.5 Å². The molecule has 0 atom stereocenters. The number of aryl methyl sites for hydroxylation is 1. The second-order valence-electron chi connectivity index (χ2n) is 9.15. The Kier molecular flexibility index (Phi) is 7.60. The van der Waals surface area contributed by atoms with E-state index < -0.39 is 0 Å². The van der Waals surface area contributed by atoms with Crippen LogP contribution in [-0.2, 0) is 17.6 Å². The number of rotatable bonds is 8. The number of amides is 1. The van der Waals surface area contributed by atoms with Crippen LogP contribution in [0.15, 0.2) is 48.5 Å². The monoisotopic (exact) mass is 530 g/mol. The minimum absolute atomic E-state index is 0.298. The molecule has 2 aromatic heterocycles. The predicted octanol–water partition coefficient (Wildman–Crippen LogP) is 6.68. The third-order valence-corrected chi connectivity index (χ3v) is 7.89. The summed E-state index contributed by atoms with van der Waals surface area (Å²) in [5.74, 6) is 0.519. The molecule has 1 aliphatic carbocycles. The maximum Gasteiger partial charge on any atom is 0.341 e. The Morgan fingerprint density at radius 3 is 2.58 bits per heavy atom. The van der Waals surface area contributed by atoms with Crippen LogP contribution >= 0.6 is 11.3 Å². The average molecular weight is 531 g/mol. The zero-order valence-corrected chi connectivity index (χ0v) is 22.6. The van der Waals surface area contributed by atoms with Gasteiger partial charge in [0.15, 0.2) is 11.5 Å². The molecule has 5 rings (SSSR count). The molecule has 0 spiro atoms. The largest absolute Gasteiger partial charge is 0.493 e. The maximum atomic E-state index is 13.8. The van der Waals surface area contributed by atoms with E-state index in [1.807, 2.05) is 49.4 Å². The molecule has 0 saturated carbocycles. The van der Waals surface area contributed by atoms with Crippen LogP contribution in [0.25, 0.3) is 22.2 Å². The number of pyridine rings is 1. The van der Waals surface area contributed by atoms with Gasteiger partial charge in [-0.15, -0.1) is 11.3 Å². The lowest BCUT2D eigenvalue weighted by Gasteiger charge is -2.13. The molecule has 196 valence electrons. The number of fused-ring (bicyclic) bond motifs is 2. The minimum Gasteiger partial charge on any atom is -0.493 e. The summed E-state index contributed by atoms with van der Waals surface area (Å²) in [6, 6.07) is 14.9. The van der Waals surface area contributed by atoms with Crippen LogP contribution in [0.4, 0.5) is 5.00 Å². The lowest BCUT2D eigenvalue weighted by atomic mass is 9.95. The third kappa shape index (κ3) is 4.96. The van der Waals surface area contributed by atoms with E-state index in [2.05, 4.69) is 5.32 Å². The molecule has 0 bridgehead atoms. The summed E-state index contributed by atoms with van der Waals surface area (Å²) in [6.07, 6.45) is 4.57. The lowest BCUT2D eigenvalue weighted by molar-refractivity contribution is 0.0505. The number of carbonyl (C=O) groups is 2. The van der Waals surface area contributed by atoms with Gasteiger partial charge in [-0.25, -0.2) is 9.78 Å². The SMILES string of the molecule is CCCOC(=O)c1c(NC(=O)c2cc(-c3ccc(OC)c(OC)c3)nc3ccccc23)sc2c1CCCC2. The van der Waals surface area contributed by atoms with Gasteiger partial charge in [0.2, 0.25) is 0 Å². The fourth-order valence-electron chi connectivity index (χ4n) is 4.81. The molecule has 1 amide bonds. The second kappa shape index (κ2) is 11.2. The van der Waals surface area contributed by atoms with Crippen molar-refractivity contribution in [2.24, 2.45) is 0 Å². The number of thiophene rings is 1. The van der Waals surface area contributed by atoms with Crippen LogP contribution in [0, 0.1) is 0 Å². The summed E-state index contributed by atoms with van der Waals surface area (Å²) in [4.78, 5) is 32.8. The first-order chi connectivity index (χ1) is 18.5. The number of hydrogen-bond donors (Lipinski definition) is 1. The number of anilines is 1. The standard InChI is InChI=1S/C30H30N2O5S/c1-4-15-37-30(34)27-20-10-6-8-12-26(20)38-29(27)32-28(33)21-17-23(31-22-11-7-5-9-19(21)22)18-13-14-24(35-2)25(16-18)36-3/h5,7,9,11,13-14,16-17H,4,6,8,10,12,15H2,1-3H3,(H,32,33). The van der Waals surface area contributed by atoms with E-state index in [4.69, 9.17) is 19.2 Å². The van der Waals surface area contributed by atoms with Crippen molar-refractivity contribution in [3.63, 3.8) is 0 Å². The van der Waals surface area contributed by atoms with Gasteiger partial charge in [0.05, 0.1) is 43.2 Å². The summed E-state index contributed by atoms with van der Waals surface area (Å²) in [6.45, 7) is 2.31. The van der Waals surface area contributed by atoms with Gasteiger partial charge in [-0.3, -0.25) is 4.79 Å². The zero-order valence-electron chi connectivity index (χ0n) is 21.8. The molecular formula is C30H30N2O5S. The van der Waals surface area contributed by atoms with Crippen molar-refractivity contribution in [1.82, 2.24) is 4.98 Å². The molecule has 1 N–H and O–H groups in total. The fourth-order valence-corrected chi connectivity index (χ4v) is 6.09. The topological polar surface area (TPSA) is 86.8 Å². The number of nitrogens with one attached hydrogen (secondary N) is 1. The lowest BCUT2D eigenvalue weighted by Crippen LogP contribution is -2.16. The van der Waals surface area contributed by atoms with E-state index in [1.54, 1.807) is 20.3 Å². The van der Waals surface area contributed by atoms with E-state index in [0.29, 0.717) is 45.4 Å². The summed E-state index contributed by atoms with van der Waals surface area (Å²) < 4.78 is 16.3. The first-order valence-corrected chi connectivity index (χ1v) is 13.6. The van der Waals surface area contributed by atoms with Crippen molar-refractivity contribution < 1.29 is 23.8 Å². The number of ether oxygens (including phenoxy) is 3. The molecule has 8 heteroatoms. The predicted molar refractivity (Wildman–Crippen MR) is 150 cm³/mol. The number of benzene rings is 2. The molecule has 4 aromatic rings. The van der Waals surface area contributed by atoms with Gasteiger partial charge in [0.25, 0.3) is 5.91 Å². The fraction of sp³-hybridized carbons (Fsp3) is 0.300. The number of aromatic nitrogens is 1. The van der Waals surface area contributed by atoms with Crippen molar-refractivity contribution in [2.75, 3.05) is 26.1 Å². The first kappa shape index (κ1) is 25.7. The summed E-state index contributed by atoms with van der Waals surface area (Å²) in [7, 11) is 3.17. The Bertz CT molecular complexity index is 1510. The van der Waals surface area contributed by atoms with Crippen molar-refractivity contribution in [1.29, 1.82) is 0 Å². The molecule has 0 saturated heterocycles. The van der Waals surface area contributed by atoms with E-state index in [9.17, 15) is 9.59 Å². The Morgan fingerprint density at radius 1 is 1.00 bits per heavy atom. The molecule has 0 aliphatic heterocycles. The second-order valence-corrected chi connectivity index (χ2v) is 10.3. The number of methoxy groups -OCH3 is 2. The Labute approximate surface area is 225 Å². The van der Waals surface area contributed by atoms with Crippen molar-refractivity contribution in [3.8, 4) is 22.8 Å². The van der Waals surface area contributed by atoms with Crippen LogP contribution < -0.4 is 14.8 Å². The molecule has 2 aromatic carbocycles. The van der Waals surface area contributed by atoms with Gasteiger partial charge in [-0.1, -0.05) is 25.1 Å². The number of para-hydroxylation sites is 1. The third-order valence-electron chi connectivity index (χ3n) is 6.68. The van der Waals surface area contributed by atoms with E-state index >= 15 is 0 Å². The molecule has 38 heavy (non-hydrogen) atoms. The van der Waals surface area contributed by atoms with Crippen LogP contribution in [0.2, 0.25) is 0 Å². The highest BCUT2D eigenvalue weighted by molar-refractivity contribution is 7.17. The number of esters is 1. The molecule has 0 unspecified atom stereocenters. The molecule has 7 nitrogen and oxygen atoms in total. The van der Waals surface area contributed by atoms with Crippen LogP contribution in [0.1, 0.15) is 57.3 Å². The van der Waals surface area contributed by atoms with Gasteiger partial charge in [-0.05, 0) is 68.0 Å². The summed E-state index contributed by atoms with van der Waals surface area (Å²) in [5, 5.41) is 4.34. The zero-order chi connectivity index (χ0) is 26.6. The Hall–Kier alpha value is -3.91. The minimum atomic E-state index is -0.368. The van der Waals surface area contributed by atoms with E-state index in [1.165, 1.54) is 11.3 Å². The van der Waals surface area contributed by atoms with Gasteiger partial charge >= 0.3 is 5.97 Å². The molecule has 1 aliphatic rings. The smallest absolute Gasteiger partial charge is 0.341 e. The normalized spacial score (nSPS) is 12.6. The van der Waals surface area contributed by atoms with E-state index in [-0.39, 0.29) is 11.9 Å². The number of carbonyl (C=O) groups excluding carboxylic acids is 2. The molecular weight excluding hydrogens is 500 g/mol. The number of hydrogen-bond acceptors (Lipinski definition) is 7. The van der Waals surface area contributed by atoms with Crippen molar-refractivity contribution >= 4 is 39.1 Å². The maximum absolute atomic E-state index is 13.8. The Balaban J connectivity index is 1.56. The average Bonchev–Trinajstić information content (AvgIpc) is 3.32. The van der Waals surface area contributed by atoms with E-state index in [0.717, 1.165) is 53.5 Å².